The Morgan fingerprint density at radius 3 is 2.20 bits per heavy atom. The van der Waals surface area contributed by atoms with Gasteiger partial charge in [-0.1, -0.05) is 22.4 Å². The van der Waals surface area contributed by atoms with Crippen LogP contribution in [0.15, 0.2) is 50.3 Å². The Labute approximate surface area is 178 Å². The summed E-state index contributed by atoms with van der Waals surface area (Å²) in [6.45, 7) is 5.50. The topological polar surface area (TPSA) is 92.7 Å². The quantitative estimate of drug-likeness (QED) is 0.579. The molecule has 0 spiro atoms. The van der Waals surface area contributed by atoms with Crippen LogP contribution in [0.5, 0.6) is 0 Å². The molecule has 30 heavy (non-hydrogen) atoms. The van der Waals surface area contributed by atoms with Gasteiger partial charge in [0, 0.05) is 43.2 Å². The van der Waals surface area contributed by atoms with Crippen LogP contribution in [-0.4, -0.2) is 58.1 Å². The molecule has 0 atom stereocenters. The Kier molecular flexibility index (Phi) is 5.89. The van der Waals surface area contributed by atoms with E-state index in [2.05, 4.69) is 10.3 Å². The molecule has 0 radical (unpaired) electrons. The molecule has 1 aliphatic rings. The molecular formula is C21H22N4O4S. The molecule has 1 aromatic carbocycles. The fourth-order valence-corrected chi connectivity index (χ4v) is 4.23. The predicted molar refractivity (Wildman–Crippen MR) is 110 cm³/mol. The lowest BCUT2D eigenvalue weighted by atomic mass is 10.1. The van der Waals surface area contributed by atoms with Gasteiger partial charge in [0.15, 0.2) is 0 Å². The first-order valence-electron chi connectivity index (χ1n) is 9.67. The van der Waals surface area contributed by atoms with E-state index in [1.165, 1.54) is 0 Å². The minimum atomic E-state index is -0.194. The Bertz CT molecular complexity index is 1050. The van der Waals surface area contributed by atoms with Crippen LogP contribution >= 0.6 is 11.8 Å². The van der Waals surface area contributed by atoms with Crippen LogP contribution in [0.2, 0.25) is 0 Å². The number of aromatic nitrogens is 2. The van der Waals surface area contributed by atoms with Crippen LogP contribution in [0.4, 0.5) is 0 Å². The Morgan fingerprint density at radius 2 is 1.57 bits per heavy atom. The number of piperazine rings is 1. The number of benzene rings is 1. The molecule has 2 amide bonds. The molecule has 3 heterocycles. The number of rotatable bonds is 5. The molecule has 1 fully saturated rings. The van der Waals surface area contributed by atoms with Crippen molar-refractivity contribution in [1.29, 1.82) is 0 Å². The zero-order valence-electron chi connectivity index (χ0n) is 16.8. The van der Waals surface area contributed by atoms with Gasteiger partial charge in [-0.2, -0.15) is 0 Å². The molecule has 3 aromatic rings. The minimum absolute atomic E-state index is 0.0329. The molecule has 1 saturated heterocycles. The van der Waals surface area contributed by atoms with Gasteiger partial charge in [-0.05, 0) is 26.0 Å². The number of hydrogen-bond acceptors (Lipinski definition) is 7. The molecule has 0 saturated carbocycles. The largest absolute Gasteiger partial charge is 0.360 e. The van der Waals surface area contributed by atoms with E-state index in [0.29, 0.717) is 43.2 Å². The zero-order chi connectivity index (χ0) is 21.1. The molecule has 0 N–H and O–H groups in total. The molecular weight excluding hydrogens is 404 g/mol. The minimum Gasteiger partial charge on any atom is -0.360 e. The van der Waals surface area contributed by atoms with Gasteiger partial charge in [-0.15, -0.1) is 11.8 Å². The van der Waals surface area contributed by atoms with Crippen molar-refractivity contribution in [3.63, 3.8) is 0 Å². The fourth-order valence-electron chi connectivity index (χ4n) is 3.31. The monoisotopic (exact) mass is 426 g/mol. The third-order valence-electron chi connectivity index (χ3n) is 4.86. The van der Waals surface area contributed by atoms with E-state index in [1.807, 2.05) is 37.3 Å². The van der Waals surface area contributed by atoms with E-state index in [0.717, 1.165) is 16.3 Å². The van der Waals surface area contributed by atoms with E-state index in [4.69, 9.17) is 9.05 Å². The average molecular weight is 426 g/mol. The second-order valence-corrected chi connectivity index (χ2v) is 8.15. The lowest BCUT2D eigenvalue weighted by molar-refractivity contribution is 0.0511. The molecule has 2 aromatic heterocycles. The van der Waals surface area contributed by atoms with Crippen molar-refractivity contribution in [3.8, 4) is 0 Å². The Morgan fingerprint density at radius 1 is 0.933 bits per heavy atom. The summed E-state index contributed by atoms with van der Waals surface area (Å²) >= 11 is 1.55. The lowest BCUT2D eigenvalue weighted by Gasteiger charge is -2.34. The maximum atomic E-state index is 13.1. The van der Waals surface area contributed by atoms with Gasteiger partial charge in [0.2, 0.25) is 5.76 Å². The summed E-state index contributed by atoms with van der Waals surface area (Å²) < 4.78 is 10.3. The summed E-state index contributed by atoms with van der Waals surface area (Å²) in [5, 5.41) is 7.66. The summed E-state index contributed by atoms with van der Waals surface area (Å²) in [7, 11) is 0. The second-order valence-electron chi connectivity index (χ2n) is 7.14. The highest BCUT2D eigenvalue weighted by molar-refractivity contribution is 7.98. The summed E-state index contributed by atoms with van der Waals surface area (Å²) in [6.07, 6.45) is 0. The average Bonchev–Trinajstić information content (AvgIpc) is 3.39. The van der Waals surface area contributed by atoms with Crippen LogP contribution < -0.4 is 0 Å². The van der Waals surface area contributed by atoms with Gasteiger partial charge in [-0.3, -0.25) is 9.59 Å². The number of amides is 2. The number of nitrogens with zero attached hydrogens (tertiary/aromatic N) is 4. The highest BCUT2D eigenvalue weighted by Crippen LogP contribution is 2.28. The third-order valence-corrected chi connectivity index (χ3v) is 5.95. The first kappa shape index (κ1) is 20.2. The molecule has 0 aliphatic carbocycles. The number of thioether (sulfide) groups is 1. The van der Waals surface area contributed by atoms with Crippen molar-refractivity contribution in [2.75, 3.05) is 26.2 Å². The molecule has 0 unspecified atom stereocenters. The predicted octanol–water partition coefficient (Wildman–Crippen LogP) is 3.17. The van der Waals surface area contributed by atoms with Crippen LogP contribution in [-0.2, 0) is 5.75 Å². The first-order valence-corrected chi connectivity index (χ1v) is 10.7. The molecule has 8 nitrogen and oxygen atoms in total. The van der Waals surface area contributed by atoms with E-state index < -0.39 is 0 Å². The van der Waals surface area contributed by atoms with Crippen LogP contribution in [0.1, 0.15) is 38.1 Å². The summed E-state index contributed by atoms with van der Waals surface area (Å²) in [5.74, 6) is 1.38. The van der Waals surface area contributed by atoms with Gasteiger partial charge < -0.3 is 18.8 Å². The highest BCUT2D eigenvalue weighted by Gasteiger charge is 2.28. The van der Waals surface area contributed by atoms with Crippen molar-refractivity contribution in [2.24, 2.45) is 0 Å². The summed E-state index contributed by atoms with van der Waals surface area (Å²) in [6, 6.07) is 11.1. The summed E-state index contributed by atoms with van der Waals surface area (Å²) in [5.41, 5.74) is 2.16. The van der Waals surface area contributed by atoms with Gasteiger partial charge in [0.05, 0.1) is 22.7 Å². The zero-order valence-corrected chi connectivity index (χ0v) is 17.6. The maximum Gasteiger partial charge on any atom is 0.292 e. The van der Waals surface area contributed by atoms with Gasteiger partial charge in [-0.25, -0.2) is 0 Å². The molecule has 4 rings (SSSR count). The maximum absolute atomic E-state index is 13.1. The molecule has 0 bridgehead atoms. The van der Waals surface area contributed by atoms with Crippen molar-refractivity contribution in [3.05, 3.63) is 64.9 Å². The van der Waals surface area contributed by atoms with Gasteiger partial charge >= 0.3 is 0 Å². The van der Waals surface area contributed by atoms with Crippen LogP contribution in [0.25, 0.3) is 0 Å². The second kappa shape index (κ2) is 8.74. The van der Waals surface area contributed by atoms with Crippen molar-refractivity contribution >= 4 is 23.6 Å². The number of carbonyl (C=O) groups is 2. The van der Waals surface area contributed by atoms with E-state index in [9.17, 15) is 9.59 Å². The van der Waals surface area contributed by atoms with Crippen LogP contribution in [0, 0.1) is 13.8 Å². The third kappa shape index (κ3) is 4.40. The molecule has 1 aliphatic heterocycles. The van der Waals surface area contributed by atoms with Crippen molar-refractivity contribution in [2.45, 2.75) is 24.5 Å². The Balaban J connectivity index is 1.39. The normalized spacial score (nSPS) is 14.2. The van der Waals surface area contributed by atoms with Crippen LogP contribution in [0.3, 0.4) is 0 Å². The van der Waals surface area contributed by atoms with E-state index in [-0.39, 0.29) is 17.6 Å². The van der Waals surface area contributed by atoms with Crippen molar-refractivity contribution in [1.82, 2.24) is 20.1 Å². The number of hydrogen-bond donors (Lipinski definition) is 0. The summed E-state index contributed by atoms with van der Waals surface area (Å²) in [4.78, 5) is 30.0. The van der Waals surface area contributed by atoms with Gasteiger partial charge in [0.25, 0.3) is 11.8 Å². The highest BCUT2D eigenvalue weighted by atomic mass is 32.2. The standard InChI is InChI=1S/C21H22N4O4S/c1-14-11-16(28-22-14)13-30-19-6-4-3-5-17(19)20(26)24-7-9-25(10-8-24)21(27)18-12-15(2)23-29-18/h3-6,11-12H,7-10,13H2,1-2H3. The van der Waals surface area contributed by atoms with E-state index in [1.54, 1.807) is 34.6 Å². The lowest BCUT2D eigenvalue weighted by Crippen LogP contribution is -2.50. The van der Waals surface area contributed by atoms with Gasteiger partial charge in [0.1, 0.15) is 5.76 Å². The fraction of sp³-hybridized carbons (Fsp3) is 0.333. The number of aryl methyl sites for hydroxylation is 2. The molecule has 156 valence electrons. The Hall–Kier alpha value is -3.07. The van der Waals surface area contributed by atoms with Crippen molar-refractivity contribution < 1.29 is 18.6 Å². The first-order chi connectivity index (χ1) is 14.5. The number of carbonyl (C=O) groups excluding carboxylic acids is 2. The molecule has 9 heteroatoms. The van der Waals surface area contributed by atoms with E-state index >= 15 is 0 Å². The SMILES string of the molecule is Cc1cc(CSc2ccccc2C(=O)N2CCN(C(=O)c3cc(C)no3)CC2)on1. The smallest absolute Gasteiger partial charge is 0.292 e.